The summed E-state index contributed by atoms with van der Waals surface area (Å²) in [4.78, 5) is 0. The highest BCUT2D eigenvalue weighted by atomic mass is 32.2. The van der Waals surface area contributed by atoms with Crippen LogP contribution in [0.15, 0.2) is 12.0 Å². The van der Waals surface area contributed by atoms with Crippen molar-refractivity contribution in [2.45, 2.75) is 51.7 Å². The van der Waals surface area contributed by atoms with Crippen LogP contribution in [0.3, 0.4) is 0 Å². The lowest BCUT2D eigenvalue weighted by atomic mass is 9.95. The third-order valence-corrected chi connectivity index (χ3v) is 3.30. The minimum atomic E-state index is 0.752. The van der Waals surface area contributed by atoms with Crippen molar-refractivity contribution < 1.29 is 0 Å². The normalized spacial score (nSPS) is 13.3. The van der Waals surface area contributed by atoms with Crippen LogP contribution >= 0.6 is 11.8 Å². The standard InChI is InChI=1S/C11H22S/c1-5-8-11(9-6-2)10(4)12-7-3/h7,10-11H,3,5-6,8-9H2,1-2,4H3. The predicted molar refractivity (Wildman–Crippen MR) is 60.6 cm³/mol. The largest absolute Gasteiger partial charge is 0.131 e. The molecule has 0 spiro atoms. The third kappa shape index (κ3) is 4.87. The maximum atomic E-state index is 3.77. The van der Waals surface area contributed by atoms with Crippen LogP contribution in [-0.2, 0) is 0 Å². The molecule has 72 valence electrons. The molecule has 12 heavy (non-hydrogen) atoms. The van der Waals surface area contributed by atoms with E-state index in [0.29, 0.717) is 0 Å². The second-order valence-electron chi connectivity index (χ2n) is 3.35. The second kappa shape index (κ2) is 7.72. The second-order valence-corrected chi connectivity index (χ2v) is 4.69. The molecule has 0 aromatic heterocycles. The van der Waals surface area contributed by atoms with E-state index < -0.39 is 0 Å². The molecule has 0 heterocycles. The van der Waals surface area contributed by atoms with Crippen molar-refractivity contribution in [1.29, 1.82) is 0 Å². The molecule has 0 nitrogen and oxygen atoms in total. The zero-order chi connectivity index (χ0) is 9.40. The Hall–Kier alpha value is 0.0900. The molecular weight excluding hydrogens is 164 g/mol. The first-order valence-electron chi connectivity index (χ1n) is 5.02. The van der Waals surface area contributed by atoms with Crippen LogP contribution in [0, 0.1) is 5.92 Å². The van der Waals surface area contributed by atoms with Gasteiger partial charge in [0, 0.05) is 5.25 Å². The summed E-state index contributed by atoms with van der Waals surface area (Å²) >= 11 is 1.88. The molecule has 0 aliphatic heterocycles. The van der Waals surface area contributed by atoms with E-state index in [1.165, 1.54) is 25.7 Å². The van der Waals surface area contributed by atoms with E-state index >= 15 is 0 Å². The summed E-state index contributed by atoms with van der Waals surface area (Å²) in [6.45, 7) is 10.6. The fourth-order valence-electron chi connectivity index (χ4n) is 1.62. The molecular formula is C11H22S. The number of hydrogen-bond acceptors (Lipinski definition) is 1. The van der Waals surface area contributed by atoms with Crippen molar-refractivity contribution in [2.75, 3.05) is 0 Å². The molecule has 0 aromatic rings. The van der Waals surface area contributed by atoms with Gasteiger partial charge < -0.3 is 0 Å². The van der Waals surface area contributed by atoms with E-state index in [0.717, 1.165) is 11.2 Å². The molecule has 1 heteroatoms. The SMILES string of the molecule is C=CSC(C)C(CCC)CCC. The van der Waals surface area contributed by atoms with Crippen LogP contribution < -0.4 is 0 Å². The van der Waals surface area contributed by atoms with Gasteiger partial charge in [-0.3, -0.25) is 0 Å². The van der Waals surface area contributed by atoms with Gasteiger partial charge in [-0.25, -0.2) is 0 Å². The van der Waals surface area contributed by atoms with Gasteiger partial charge in [0.15, 0.2) is 0 Å². The van der Waals surface area contributed by atoms with Crippen LogP contribution in [0.2, 0.25) is 0 Å². The molecule has 0 fully saturated rings. The summed E-state index contributed by atoms with van der Waals surface area (Å²) in [7, 11) is 0. The van der Waals surface area contributed by atoms with Gasteiger partial charge in [0.25, 0.3) is 0 Å². The van der Waals surface area contributed by atoms with E-state index in [2.05, 4.69) is 27.4 Å². The minimum absolute atomic E-state index is 0.752. The summed E-state index contributed by atoms with van der Waals surface area (Å²) in [5.74, 6) is 0.892. The van der Waals surface area contributed by atoms with Crippen molar-refractivity contribution in [2.24, 2.45) is 5.92 Å². The van der Waals surface area contributed by atoms with E-state index in [4.69, 9.17) is 0 Å². The van der Waals surface area contributed by atoms with E-state index in [-0.39, 0.29) is 0 Å². The fourth-order valence-corrected chi connectivity index (χ4v) is 2.42. The van der Waals surface area contributed by atoms with Crippen molar-refractivity contribution in [3.05, 3.63) is 12.0 Å². The monoisotopic (exact) mass is 186 g/mol. The fraction of sp³-hybridized carbons (Fsp3) is 0.818. The first-order chi connectivity index (χ1) is 5.76. The molecule has 0 aromatic carbocycles. The summed E-state index contributed by atoms with van der Waals surface area (Å²) in [5, 5.41) is 2.73. The molecule has 0 aliphatic carbocycles. The van der Waals surface area contributed by atoms with Gasteiger partial charge >= 0.3 is 0 Å². The van der Waals surface area contributed by atoms with Crippen molar-refractivity contribution in [1.82, 2.24) is 0 Å². The smallest absolute Gasteiger partial charge is 0.00881 e. The van der Waals surface area contributed by atoms with Gasteiger partial charge in [0.1, 0.15) is 0 Å². The van der Waals surface area contributed by atoms with Crippen LogP contribution in [0.4, 0.5) is 0 Å². The average Bonchev–Trinajstić information content (AvgIpc) is 2.04. The molecule has 0 rings (SSSR count). The quantitative estimate of drug-likeness (QED) is 0.565. The summed E-state index contributed by atoms with van der Waals surface area (Å²) in [6.07, 6.45) is 5.37. The third-order valence-electron chi connectivity index (χ3n) is 2.29. The minimum Gasteiger partial charge on any atom is -0.131 e. The maximum Gasteiger partial charge on any atom is 0.00881 e. The molecule has 0 saturated carbocycles. The number of rotatable bonds is 7. The predicted octanol–water partition coefficient (Wildman–Crippen LogP) is 4.47. The van der Waals surface area contributed by atoms with Crippen LogP contribution in [0.1, 0.15) is 46.5 Å². The molecule has 0 amide bonds. The van der Waals surface area contributed by atoms with E-state index in [9.17, 15) is 0 Å². The molecule has 0 aliphatic rings. The molecule has 0 N–H and O–H groups in total. The molecule has 1 unspecified atom stereocenters. The Balaban J connectivity index is 3.80. The summed E-state index contributed by atoms with van der Waals surface area (Å²) < 4.78 is 0. The average molecular weight is 186 g/mol. The Bertz CT molecular complexity index is 104. The Labute approximate surface area is 81.8 Å². The molecule has 0 bridgehead atoms. The van der Waals surface area contributed by atoms with Crippen LogP contribution in [-0.4, -0.2) is 5.25 Å². The van der Waals surface area contributed by atoms with Gasteiger partial charge in [-0.05, 0) is 24.2 Å². The lowest BCUT2D eigenvalue weighted by Gasteiger charge is -2.21. The van der Waals surface area contributed by atoms with Crippen molar-refractivity contribution in [3.63, 3.8) is 0 Å². The zero-order valence-corrected chi connectivity index (χ0v) is 9.49. The van der Waals surface area contributed by atoms with Gasteiger partial charge in [0.05, 0.1) is 0 Å². The number of thioether (sulfide) groups is 1. The van der Waals surface area contributed by atoms with Crippen LogP contribution in [0.25, 0.3) is 0 Å². The summed E-state index contributed by atoms with van der Waals surface area (Å²) in [5.41, 5.74) is 0. The van der Waals surface area contributed by atoms with Crippen molar-refractivity contribution in [3.8, 4) is 0 Å². The molecule has 0 radical (unpaired) electrons. The Morgan fingerprint density at radius 1 is 1.25 bits per heavy atom. The van der Waals surface area contributed by atoms with E-state index in [1.54, 1.807) is 0 Å². The van der Waals surface area contributed by atoms with Crippen LogP contribution in [0.5, 0.6) is 0 Å². The Kier molecular flexibility index (Phi) is 7.78. The van der Waals surface area contributed by atoms with Crippen molar-refractivity contribution >= 4 is 11.8 Å². The topological polar surface area (TPSA) is 0 Å². The Morgan fingerprint density at radius 2 is 1.75 bits per heavy atom. The zero-order valence-electron chi connectivity index (χ0n) is 8.68. The highest BCUT2D eigenvalue weighted by molar-refractivity contribution is 8.02. The highest BCUT2D eigenvalue weighted by Crippen LogP contribution is 2.27. The van der Waals surface area contributed by atoms with Gasteiger partial charge in [-0.15, -0.1) is 11.8 Å². The molecule has 1 atom stereocenters. The first kappa shape index (κ1) is 12.1. The summed E-state index contributed by atoms with van der Waals surface area (Å²) in [6, 6.07) is 0. The maximum absolute atomic E-state index is 3.77. The van der Waals surface area contributed by atoms with Gasteiger partial charge in [-0.2, -0.15) is 0 Å². The van der Waals surface area contributed by atoms with Gasteiger partial charge in [0.2, 0.25) is 0 Å². The highest BCUT2D eigenvalue weighted by Gasteiger charge is 2.14. The lowest BCUT2D eigenvalue weighted by molar-refractivity contribution is 0.438. The van der Waals surface area contributed by atoms with E-state index in [1.807, 2.05) is 17.2 Å². The number of hydrogen-bond donors (Lipinski definition) is 0. The lowest BCUT2D eigenvalue weighted by Crippen LogP contribution is -2.12. The van der Waals surface area contributed by atoms with Gasteiger partial charge in [-0.1, -0.05) is 40.2 Å². The molecule has 0 saturated heterocycles. The first-order valence-corrected chi connectivity index (χ1v) is 5.96. The Morgan fingerprint density at radius 3 is 2.08 bits per heavy atom.